The van der Waals surface area contributed by atoms with Gasteiger partial charge in [-0.1, -0.05) is 12.1 Å². The maximum atomic E-state index is 12.9. The highest BCUT2D eigenvalue weighted by atomic mass is 32.2. The van der Waals surface area contributed by atoms with E-state index in [0.29, 0.717) is 25.9 Å². The molecular weight excluding hydrogens is 295 g/mol. The van der Waals surface area contributed by atoms with Gasteiger partial charge in [0.25, 0.3) is 10.2 Å². The second kappa shape index (κ2) is 6.83. The normalized spacial score (nSPS) is 18.3. The molecule has 0 atom stereocenters. The van der Waals surface area contributed by atoms with Crippen molar-refractivity contribution in [3.63, 3.8) is 0 Å². The minimum absolute atomic E-state index is 0.110. The third-order valence-corrected chi connectivity index (χ3v) is 5.80. The Bertz CT molecular complexity index is 554. The first-order valence-electron chi connectivity index (χ1n) is 7.00. The second-order valence-corrected chi connectivity index (χ2v) is 7.45. The zero-order valence-electron chi connectivity index (χ0n) is 12.1. The van der Waals surface area contributed by atoms with Crippen molar-refractivity contribution in [2.45, 2.75) is 19.4 Å². The third kappa shape index (κ3) is 4.00. The van der Waals surface area contributed by atoms with Gasteiger partial charge in [0.05, 0.1) is 0 Å². The molecule has 0 aliphatic carbocycles. The maximum absolute atomic E-state index is 12.9. The Kier molecular flexibility index (Phi) is 5.32. The quantitative estimate of drug-likeness (QED) is 0.888. The molecule has 0 amide bonds. The van der Waals surface area contributed by atoms with Crippen molar-refractivity contribution in [1.82, 2.24) is 8.61 Å². The average Bonchev–Trinajstić information content (AvgIpc) is 2.49. The number of piperidine rings is 1. The minimum atomic E-state index is -3.51. The van der Waals surface area contributed by atoms with Crippen LogP contribution in [0.4, 0.5) is 4.39 Å². The van der Waals surface area contributed by atoms with E-state index in [1.807, 2.05) is 0 Å². The van der Waals surface area contributed by atoms with Crippen molar-refractivity contribution in [2.24, 2.45) is 5.92 Å². The summed E-state index contributed by atoms with van der Waals surface area (Å²) in [4.78, 5) is 0. The molecule has 1 aliphatic rings. The van der Waals surface area contributed by atoms with E-state index < -0.39 is 10.2 Å². The standard InChI is InChI=1S/C14H21FN2O3S/c1-16(10-12-2-4-14(15)5-3-12)21(19,20)17-8-6-13(11-18)7-9-17/h2-5,13,18H,6-11H2,1H3. The smallest absolute Gasteiger partial charge is 0.282 e. The van der Waals surface area contributed by atoms with E-state index in [-0.39, 0.29) is 24.9 Å². The van der Waals surface area contributed by atoms with Crippen LogP contribution in [-0.2, 0) is 16.8 Å². The Morgan fingerprint density at radius 2 is 1.86 bits per heavy atom. The van der Waals surface area contributed by atoms with Crippen LogP contribution in [0.3, 0.4) is 0 Å². The summed E-state index contributed by atoms with van der Waals surface area (Å²) in [5, 5.41) is 9.10. The summed E-state index contributed by atoms with van der Waals surface area (Å²) >= 11 is 0. The van der Waals surface area contributed by atoms with Crippen molar-refractivity contribution in [3.05, 3.63) is 35.6 Å². The molecule has 0 saturated carbocycles. The molecule has 2 rings (SSSR count). The molecule has 0 unspecified atom stereocenters. The van der Waals surface area contributed by atoms with Crippen LogP contribution in [0.15, 0.2) is 24.3 Å². The molecule has 118 valence electrons. The van der Waals surface area contributed by atoms with E-state index in [2.05, 4.69) is 0 Å². The lowest BCUT2D eigenvalue weighted by Gasteiger charge is -2.33. The Hall–Kier alpha value is -1.02. The topological polar surface area (TPSA) is 60.9 Å². The summed E-state index contributed by atoms with van der Waals surface area (Å²) in [7, 11) is -1.99. The van der Waals surface area contributed by atoms with Gasteiger partial charge in [0.15, 0.2) is 0 Å². The van der Waals surface area contributed by atoms with Crippen molar-refractivity contribution < 1.29 is 17.9 Å². The summed E-state index contributed by atoms with van der Waals surface area (Å²) in [6, 6.07) is 5.81. The summed E-state index contributed by atoms with van der Waals surface area (Å²) in [6.45, 7) is 1.19. The van der Waals surface area contributed by atoms with Gasteiger partial charge >= 0.3 is 0 Å². The zero-order valence-corrected chi connectivity index (χ0v) is 12.9. The van der Waals surface area contributed by atoms with Crippen LogP contribution in [0.25, 0.3) is 0 Å². The van der Waals surface area contributed by atoms with Gasteiger partial charge in [-0.25, -0.2) is 4.39 Å². The molecule has 1 aliphatic heterocycles. The van der Waals surface area contributed by atoms with E-state index in [1.165, 1.54) is 27.8 Å². The molecule has 0 radical (unpaired) electrons. The Balaban J connectivity index is 2.00. The van der Waals surface area contributed by atoms with Crippen LogP contribution in [0.5, 0.6) is 0 Å². The number of halogens is 1. The highest BCUT2D eigenvalue weighted by Crippen LogP contribution is 2.21. The highest BCUT2D eigenvalue weighted by Gasteiger charge is 2.30. The highest BCUT2D eigenvalue weighted by molar-refractivity contribution is 7.86. The number of rotatable bonds is 5. The number of hydrogen-bond acceptors (Lipinski definition) is 3. The Morgan fingerprint density at radius 1 is 1.29 bits per heavy atom. The molecule has 1 heterocycles. The average molecular weight is 316 g/mol. The van der Waals surface area contributed by atoms with Crippen molar-refractivity contribution in [2.75, 3.05) is 26.7 Å². The van der Waals surface area contributed by atoms with Gasteiger partial charge in [-0.3, -0.25) is 0 Å². The van der Waals surface area contributed by atoms with E-state index >= 15 is 0 Å². The van der Waals surface area contributed by atoms with Crippen molar-refractivity contribution >= 4 is 10.2 Å². The number of benzene rings is 1. The molecule has 1 N–H and O–H groups in total. The molecule has 1 aromatic rings. The minimum Gasteiger partial charge on any atom is -0.396 e. The first kappa shape index (κ1) is 16.4. The Labute approximate surface area is 125 Å². The summed E-state index contributed by atoms with van der Waals surface area (Å²) in [5.41, 5.74) is 0.743. The fourth-order valence-electron chi connectivity index (χ4n) is 2.45. The number of aliphatic hydroxyl groups is 1. The van der Waals surface area contributed by atoms with Crippen LogP contribution >= 0.6 is 0 Å². The molecule has 1 saturated heterocycles. The van der Waals surface area contributed by atoms with Gasteiger partial charge in [-0.15, -0.1) is 0 Å². The van der Waals surface area contributed by atoms with Crippen LogP contribution in [0.1, 0.15) is 18.4 Å². The van der Waals surface area contributed by atoms with Gasteiger partial charge < -0.3 is 5.11 Å². The van der Waals surface area contributed by atoms with Gasteiger partial charge in [-0.05, 0) is 36.5 Å². The van der Waals surface area contributed by atoms with E-state index in [9.17, 15) is 12.8 Å². The van der Waals surface area contributed by atoms with Crippen LogP contribution in [0.2, 0.25) is 0 Å². The van der Waals surface area contributed by atoms with Crippen LogP contribution in [0, 0.1) is 11.7 Å². The molecular formula is C14H21FN2O3S. The Morgan fingerprint density at radius 3 is 2.38 bits per heavy atom. The zero-order chi connectivity index (χ0) is 15.5. The molecule has 5 nitrogen and oxygen atoms in total. The SMILES string of the molecule is CN(Cc1ccc(F)cc1)S(=O)(=O)N1CCC(CO)CC1. The molecule has 0 aromatic heterocycles. The van der Waals surface area contributed by atoms with E-state index in [1.54, 1.807) is 12.1 Å². The largest absolute Gasteiger partial charge is 0.396 e. The summed E-state index contributed by atoms with van der Waals surface area (Å²) < 4.78 is 40.5. The van der Waals surface area contributed by atoms with Crippen molar-refractivity contribution in [1.29, 1.82) is 0 Å². The molecule has 21 heavy (non-hydrogen) atoms. The predicted molar refractivity (Wildman–Crippen MR) is 78.2 cm³/mol. The number of hydrogen-bond donors (Lipinski definition) is 1. The third-order valence-electron chi connectivity index (χ3n) is 3.87. The fraction of sp³-hybridized carbons (Fsp3) is 0.571. The summed E-state index contributed by atoms with van der Waals surface area (Å²) in [5.74, 6) is -0.144. The van der Waals surface area contributed by atoms with E-state index in [4.69, 9.17) is 5.11 Å². The molecule has 0 spiro atoms. The predicted octanol–water partition coefficient (Wildman–Crippen LogP) is 1.21. The molecule has 0 bridgehead atoms. The summed E-state index contributed by atoms with van der Waals surface area (Å²) in [6.07, 6.45) is 1.36. The fourth-order valence-corrected chi connectivity index (χ4v) is 3.83. The molecule has 7 heteroatoms. The first-order valence-corrected chi connectivity index (χ1v) is 8.40. The number of nitrogens with zero attached hydrogens (tertiary/aromatic N) is 2. The van der Waals surface area contributed by atoms with Crippen LogP contribution < -0.4 is 0 Å². The van der Waals surface area contributed by atoms with Crippen molar-refractivity contribution in [3.8, 4) is 0 Å². The van der Waals surface area contributed by atoms with Gasteiger partial charge in [0.1, 0.15) is 5.82 Å². The van der Waals surface area contributed by atoms with Gasteiger partial charge in [-0.2, -0.15) is 17.0 Å². The lowest BCUT2D eigenvalue weighted by Crippen LogP contribution is -2.45. The lowest BCUT2D eigenvalue weighted by molar-refractivity contribution is 0.166. The van der Waals surface area contributed by atoms with Gasteiger partial charge in [0, 0.05) is 33.3 Å². The maximum Gasteiger partial charge on any atom is 0.282 e. The first-order chi connectivity index (χ1) is 9.93. The molecule has 1 fully saturated rings. The monoisotopic (exact) mass is 316 g/mol. The van der Waals surface area contributed by atoms with Crippen LogP contribution in [-0.4, -0.2) is 48.9 Å². The molecule has 1 aromatic carbocycles. The lowest BCUT2D eigenvalue weighted by atomic mass is 10.00. The van der Waals surface area contributed by atoms with E-state index in [0.717, 1.165) is 5.56 Å². The second-order valence-electron chi connectivity index (χ2n) is 5.42. The number of aliphatic hydroxyl groups excluding tert-OH is 1. The van der Waals surface area contributed by atoms with Gasteiger partial charge in [0.2, 0.25) is 0 Å².